The lowest BCUT2D eigenvalue weighted by Gasteiger charge is -2.16. The van der Waals surface area contributed by atoms with Gasteiger partial charge in [0.05, 0.1) is 0 Å². The average molecular weight is 415 g/mol. The van der Waals surface area contributed by atoms with Gasteiger partial charge in [0.15, 0.2) is 19.0 Å². The van der Waals surface area contributed by atoms with Crippen molar-refractivity contribution in [2.24, 2.45) is 0 Å². The number of ether oxygens (including phenoxy) is 2. The summed E-state index contributed by atoms with van der Waals surface area (Å²) < 4.78 is 10.6. The first-order chi connectivity index (χ1) is 15.2. The first-order valence-corrected chi connectivity index (χ1v) is 10.5. The van der Waals surface area contributed by atoms with Gasteiger partial charge in [-0.15, -0.1) is 0 Å². The number of hydrogen-bond donors (Lipinski definition) is 1. The Morgan fingerprint density at radius 3 is 2.26 bits per heavy atom. The molecule has 31 heavy (non-hydrogen) atoms. The van der Waals surface area contributed by atoms with E-state index in [9.17, 15) is 9.59 Å². The van der Waals surface area contributed by atoms with E-state index in [-0.39, 0.29) is 19.0 Å². The highest BCUT2D eigenvalue weighted by molar-refractivity contribution is 5.98. The number of para-hydroxylation sites is 1. The van der Waals surface area contributed by atoms with Crippen molar-refractivity contribution in [2.75, 3.05) is 18.5 Å². The van der Waals surface area contributed by atoms with Gasteiger partial charge in [0.1, 0.15) is 5.75 Å². The molecule has 0 unspecified atom stereocenters. The van der Waals surface area contributed by atoms with Crippen LogP contribution in [0.4, 0.5) is 11.4 Å². The van der Waals surface area contributed by atoms with E-state index in [4.69, 9.17) is 9.47 Å². The number of nitrogens with one attached hydrogen (secondary N) is 1. The van der Waals surface area contributed by atoms with E-state index in [2.05, 4.69) is 5.32 Å². The topological polar surface area (TPSA) is 64.6 Å². The standard InChI is InChI=1S/C26H25NO4/c28-25(21-11-10-19-6-4-5-7-20(19)16-21)17-31-26(29)18-30-24-14-12-23(13-15-24)27-22-8-2-1-3-9-22/h1-3,8-16,27H,4-7,17-18H2. The fraction of sp³-hybridized carbons (Fsp3) is 0.231. The minimum atomic E-state index is -0.571. The van der Waals surface area contributed by atoms with Crippen LogP contribution in [0.5, 0.6) is 5.75 Å². The van der Waals surface area contributed by atoms with Crippen molar-refractivity contribution < 1.29 is 19.1 Å². The van der Waals surface area contributed by atoms with Gasteiger partial charge in [0.2, 0.25) is 0 Å². The molecule has 5 nitrogen and oxygen atoms in total. The molecule has 5 heteroatoms. The minimum absolute atomic E-state index is 0.196. The third-order valence-corrected chi connectivity index (χ3v) is 5.31. The summed E-state index contributed by atoms with van der Waals surface area (Å²) in [6.07, 6.45) is 4.42. The number of rotatable bonds is 8. The number of carbonyl (C=O) groups is 2. The predicted octanol–water partition coefficient (Wildman–Crippen LogP) is 5.11. The van der Waals surface area contributed by atoms with Gasteiger partial charge in [-0.05, 0) is 79.3 Å². The fourth-order valence-electron chi connectivity index (χ4n) is 3.64. The highest BCUT2D eigenvalue weighted by atomic mass is 16.6. The van der Waals surface area contributed by atoms with Gasteiger partial charge in [-0.25, -0.2) is 4.79 Å². The van der Waals surface area contributed by atoms with Crippen molar-refractivity contribution in [1.29, 1.82) is 0 Å². The van der Waals surface area contributed by atoms with Crippen LogP contribution >= 0.6 is 0 Å². The molecule has 0 saturated heterocycles. The molecular formula is C26H25NO4. The Balaban J connectivity index is 1.22. The quantitative estimate of drug-likeness (QED) is 0.409. The minimum Gasteiger partial charge on any atom is -0.482 e. The van der Waals surface area contributed by atoms with Crippen LogP contribution in [-0.2, 0) is 22.4 Å². The Labute approximate surface area is 182 Å². The monoisotopic (exact) mass is 415 g/mol. The second-order valence-electron chi connectivity index (χ2n) is 7.58. The zero-order valence-corrected chi connectivity index (χ0v) is 17.3. The third-order valence-electron chi connectivity index (χ3n) is 5.31. The number of carbonyl (C=O) groups excluding carboxylic acids is 2. The molecule has 0 amide bonds. The fourth-order valence-corrected chi connectivity index (χ4v) is 3.64. The molecule has 0 spiro atoms. The molecule has 1 N–H and O–H groups in total. The number of esters is 1. The van der Waals surface area contributed by atoms with Crippen molar-refractivity contribution in [1.82, 2.24) is 0 Å². The highest BCUT2D eigenvalue weighted by Gasteiger charge is 2.14. The molecule has 1 aliphatic rings. The van der Waals surface area contributed by atoms with Gasteiger partial charge in [-0.3, -0.25) is 4.79 Å². The summed E-state index contributed by atoms with van der Waals surface area (Å²) in [5.74, 6) is -0.215. The number of Topliss-reactive ketones (excluding diaryl/α,β-unsaturated/α-hetero) is 1. The van der Waals surface area contributed by atoms with Crippen molar-refractivity contribution in [3.8, 4) is 5.75 Å². The van der Waals surface area contributed by atoms with Crippen LogP contribution in [0.25, 0.3) is 0 Å². The lowest BCUT2D eigenvalue weighted by atomic mass is 9.90. The van der Waals surface area contributed by atoms with E-state index in [1.807, 2.05) is 60.7 Å². The number of fused-ring (bicyclic) bond motifs is 1. The average Bonchev–Trinajstić information content (AvgIpc) is 2.82. The number of aryl methyl sites for hydroxylation is 2. The molecule has 0 fully saturated rings. The van der Waals surface area contributed by atoms with Crippen LogP contribution in [0.1, 0.15) is 34.3 Å². The van der Waals surface area contributed by atoms with E-state index < -0.39 is 5.97 Å². The summed E-state index contributed by atoms with van der Waals surface area (Å²) >= 11 is 0. The molecule has 4 rings (SSSR count). The summed E-state index contributed by atoms with van der Waals surface area (Å²) in [4.78, 5) is 24.4. The predicted molar refractivity (Wildman–Crippen MR) is 120 cm³/mol. The van der Waals surface area contributed by atoms with E-state index in [0.717, 1.165) is 30.6 Å². The van der Waals surface area contributed by atoms with Crippen LogP contribution < -0.4 is 10.1 Å². The van der Waals surface area contributed by atoms with E-state index >= 15 is 0 Å². The van der Waals surface area contributed by atoms with Crippen LogP contribution in [0.2, 0.25) is 0 Å². The lowest BCUT2D eigenvalue weighted by Crippen LogP contribution is -2.19. The summed E-state index contributed by atoms with van der Waals surface area (Å²) in [6.45, 7) is -0.524. The van der Waals surface area contributed by atoms with E-state index in [1.54, 1.807) is 12.1 Å². The summed E-state index contributed by atoms with van der Waals surface area (Å²) in [6, 6.07) is 22.9. The zero-order valence-electron chi connectivity index (χ0n) is 17.3. The largest absolute Gasteiger partial charge is 0.482 e. The number of hydrogen-bond acceptors (Lipinski definition) is 5. The molecular weight excluding hydrogens is 390 g/mol. The maximum absolute atomic E-state index is 12.4. The number of benzene rings is 3. The van der Waals surface area contributed by atoms with Gasteiger partial charge >= 0.3 is 5.97 Å². The Hall–Kier alpha value is -3.60. The maximum atomic E-state index is 12.4. The Bertz CT molecular complexity index is 1040. The third kappa shape index (κ3) is 5.72. The van der Waals surface area contributed by atoms with Crippen molar-refractivity contribution >= 4 is 23.1 Å². The number of anilines is 2. The molecule has 0 heterocycles. The molecule has 158 valence electrons. The van der Waals surface area contributed by atoms with Gasteiger partial charge in [0.25, 0.3) is 0 Å². The molecule has 0 aromatic heterocycles. The number of ketones is 1. The Morgan fingerprint density at radius 1 is 0.774 bits per heavy atom. The normalized spacial score (nSPS) is 12.5. The van der Waals surface area contributed by atoms with Gasteiger partial charge in [0, 0.05) is 16.9 Å². The second-order valence-corrected chi connectivity index (χ2v) is 7.58. The molecule has 0 atom stereocenters. The van der Waals surface area contributed by atoms with Gasteiger partial charge < -0.3 is 14.8 Å². The van der Waals surface area contributed by atoms with E-state index in [1.165, 1.54) is 17.5 Å². The maximum Gasteiger partial charge on any atom is 0.344 e. The second kappa shape index (κ2) is 9.94. The molecule has 0 bridgehead atoms. The van der Waals surface area contributed by atoms with Crippen molar-refractivity contribution in [3.63, 3.8) is 0 Å². The van der Waals surface area contributed by atoms with Gasteiger partial charge in [-0.2, -0.15) is 0 Å². The summed E-state index contributed by atoms with van der Waals surface area (Å²) in [5, 5.41) is 3.28. The van der Waals surface area contributed by atoms with E-state index in [0.29, 0.717) is 11.3 Å². The van der Waals surface area contributed by atoms with Crippen molar-refractivity contribution in [3.05, 3.63) is 89.5 Å². The first-order valence-electron chi connectivity index (χ1n) is 10.5. The van der Waals surface area contributed by atoms with Gasteiger partial charge in [-0.1, -0.05) is 30.3 Å². The molecule has 0 saturated carbocycles. The van der Waals surface area contributed by atoms with Crippen LogP contribution in [-0.4, -0.2) is 25.0 Å². The smallest absolute Gasteiger partial charge is 0.344 e. The molecule has 0 aliphatic heterocycles. The Morgan fingerprint density at radius 2 is 1.48 bits per heavy atom. The molecule has 1 aliphatic carbocycles. The first kappa shape index (κ1) is 20.7. The molecule has 3 aromatic rings. The molecule has 3 aromatic carbocycles. The zero-order chi connectivity index (χ0) is 21.5. The van der Waals surface area contributed by atoms with Crippen molar-refractivity contribution in [2.45, 2.75) is 25.7 Å². The van der Waals surface area contributed by atoms with Crippen LogP contribution in [0.15, 0.2) is 72.8 Å². The summed E-state index contributed by atoms with van der Waals surface area (Å²) in [7, 11) is 0. The lowest BCUT2D eigenvalue weighted by molar-refractivity contribution is -0.144. The SMILES string of the molecule is O=C(COc1ccc(Nc2ccccc2)cc1)OCC(=O)c1ccc2c(c1)CCCC2. The molecule has 0 radical (unpaired) electrons. The Kier molecular flexibility index (Phi) is 6.62. The highest BCUT2D eigenvalue weighted by Crippen LogP contribution is 2.23. The summed E-state index contributed by atoms with van der Waals surface area (Å²) in [5.41, 5.74) is 5.05. The van der Waals surface area contributed by atoms with Crippen LogP contribution in [0.3, 0.4) is 0 Å². The van der Waals surface area contributed by atoms with Crippen LogP contribution in [0, 0.1) is 0 Å².